The minimum absolute atomic E-state index is 0.0723. The van der Waals surface area contributed by atoms with Crippen LogP contribution in [0.3, 0.4) is 0 Å². The summed E-state index contributed by atoms with van der Waals surface area (Å²) in [5, 5.41) is 3.03. The minimum atomic E-state index is 0.0723. The normalized spacial score (nSPS) is 11.9. The van der Waals surface area contributed by atoms with Crippen molar-refractivity contribution in [3.63, 3.8) is 0 Å². The molecular weight excluding hydrogens is 250 g/mol. The van der Waals surface area contributed by atoms with E-state index in [1.807, 2.05) is 31.2 Å². The molecule has 0 heterocycles. The van der Waals surface area contributed by atoms with Crippen molar-refractivity contribution in [2.24, 2.45) is 0 Å². The fraction of sp³-hybridized carbons (Fsp3) is 0.500. The van der Waals surface area contributed by atoms with Gasteiger partial charge in [0, 0.05) is 18.3 Å². The van der Waals surface area contributed by atoms with Crippen molar-refractivity contribution in [1.29, 1.82) is 0 Å². The summed E-state index contributed by atoms with van der Waals surface area (Å²) in [6, 6.07) is 7.66. The molecule has 0 aromatic heterocycles. The highest BCUT2D eigenvalue weighted by Crippen LogP contribution is 2.11. The largest absolute Gasteiger partial charge is 0.497 e. The number of hydrogen-bond acceptors (Lipinski definition) is 2. The summed E-state index contributed by atoms with van der Waals surface area (Å²) < 4.78 is 5.07. The number of carbonyl (C=O) groups is 1. The van der Waals surface area contributed by atoms with Crippen LogP contribution in [0.2, 0.25) is 0 Å². The van der Waals surface area contributed by atoms with Gasteiger partial charge in [-0.3, -0.25) is 4.79 Å². The summed E-state index contributed by atoms with van der Waals surface area (Å²) in [5.41, 5.74) is 1.06. The van der Waals surface area contributed by atoms with Crippen molar-refractivity contribution in [3.05, 3.63) is 29.8 Å². The van der Waals surface area contributed by atoms with Crippen molar-refractivity contribution >= 4 is 17.5 Å². The molecule has 0 bridgehead atoms. The van der Waals surface area contributed by atoms with E-state index < -0.39 is 0 Å². The number of benzene rings is 1. The third-order valence-corrected chi connectivity index (χ3v) is 2.87. The van der Waals surface area contributed by atoms with Crippen LogP contribution in [0.5, 0.6) is 5.75 Å². The Morgan fingerprint density at radius 2 is 2.06 bits per heavy atom. The number of ether oxygens (including phenoxy) is 1. The molecule has 0 radical (unpaired) electrons. The zero-order chi connectivity index (χ0) is 13.4. The summed E-state index contributed by atoms with van der Waals surface area (Å²) in [7, 11) is 1.63. The van der Waals surface area contributed by atoms with E-state index in [9.17, 15) is 4.79 Å². The van der Waals surface area contributed by atoms with E-state index in [-0.39, 0.29) is 11.3 Å². The number of amides is 1. The third-order valence-electron chi connectivity index (χ3n) is 2.65. The van der Waals surface area contributed by atoms with Crippen molar-refractivity contribution < 1.29 is 9.53 Å². The summed E-state index contributed by atoms with van der Waals surface area (Å²) in [5.74, 6) is 0.893. The molecule has 0 saturated carbocycles. The van der Waals surface area contributed by atoms with Crippen LogP contribution in [0.4, 0.5) is 0 Å². The summed E-state index contributed by atoms with van der Waals surface area (Å²) >= 11 is 5.82. The number of rotatable bonds is 7. The van der Waals surface area contributed by atoms with Crippen LogP contribution in [0, 0.1) is 0 Å². The first-order valence-corrected chi connectivity index (χ1v) is 6.59. The maximum absolute atomic E-state index is 11.5. The summed E-state index contributed by atoms with van der Waals surface area (Å²) in [6.07, 6.45) is 2.24. The van der Waals surface area contributed by atoms with Gasteiger partial charge in [-0.1, -0.05) is 12.1 Å². The number of carbonyl (C=O) groups excluding carboxylic acids is 1. The number of halogens is 1. The van der Waals surface area contributed by atoms with Gasteiger partial charge in [0.05, 0.1) is 7.11 Å². The lowest BCUT2D eigenvalue weighted by atomic mass is 10.2. The van der Waals surface area contributed by atoms with Crippen LogP contribution < -0.4 is 10.1 Å². The molecule has 0 spiro atoms. The molecule has 18 heavy (non-hydrogen) atoms. The second-order valence-electron chi connectivity index (χ2n) is 4.30. The fourth-order valence-corrected chi connectivity index (χ4v) is 1.73. The van der Waals surface area contributed by atoms with Gasteiger partial charge in [0.1, 0.15) is 5.75 Å². The molecule has 1 unspecified atom stereocenters. The average Bonchev–Trinajstić information content (AvgIpc) is 2.36. The van der Waals surface area contributed by atoms with E-state index in [0.29, 0.717) is 13.0 Å². The maximum atomic E-state index is 11.5. The number of hydrogen-bond donors (Lipinski definition) is 1. The van der Waals surface area contributed by atoms with Crippen LogP contribution in [-0.4, -0.2) is 18.4 Å². The highest BCUT2D eigenvalue weighted by molar-refractivity contribution is 6.20. The van der Waals surface area contributed by atoms with Crippen LogP contribution in [0.15, 0.2) is 24.3 Å². The molecule has 1 rings (SSSR count). The second-order valence-corrected chi connectivity index (χ2v) is 5.04. The van der Waals surface area contributed by atoms with Gasteiger partial charge in [-0.15, -0.1) is 11.6 Å². The second kappa shape index (κ2) is 7.98. The highest BCUT2D eigenvalue weighted by Gasteiger charge is 2.03. The average molecular weight is 270 g/mol. The van der Waals surface area contributed by atoms with Crippen LogP contribution >= 0.6 is 11.6 Å². The van der Waals surface area contributed by atoms with Crippen LogP contribution in [-0.2, 0) is 11.3 Å². The molecule has 4 heteroatoms. The summed E-state index contributed by atoms with van der Waals surface area (Å²) in [6.45, 7) is 2.50. The first kappa shape index (κ1) is 14.8. The molecule has 0 aliphatic carbocycles. The van der Waals surface area contributed by atoms with E-state index >= 15 is 0 Å². The third kappa shape index (κ3) is 5.92. The molecule has 1 atom stereocenters. The van der Waals surface area contributed by atoms with Crippen LogP contribution in [0.1, 0.15) is 31.7 Å². The smallest absolute Gasteiger partial charge is 0.220 e. The Bertz CT molecular complexity index is 363. The monoisotopic (exact) mass is 269 g/mol. The Morgan fingerprint density at radius 3 is 2.61 bits per heavy atom. The highest BCUT2D eigenvalue weighted by atomic mass is 35.5. The Balaban J connectivity index is 2.24. The number of methoxy groups -OCH3 is 1. The molecule has 1 aromatic carbocycles. The summed E-state index contributed by atoms with van der Waals surface area (Å²) in [4.78, 5) is 11.5. The zero-order valence-corrected chi connectivity index (χ0v) is 11.7. The topological polar surface area (TPSA) is 38.3 Å². The molecule has 3 nitrogen and oxygen atoms in total. The van der Waals surface area contributed by atoms with Gasteiger partial charge in [-0.25, -0.2) is 0 Å². The first-order chi connectivity index (χ1) is 8.61. The SMILES string of the molecule is COc1ccc(CNC(=O)CCCC(C)Cl)cc1. The van der Waals surface area contributed by atoms with Crippen molar-refractivity contribution in [2.45, 2.75) is 38.1 Å². The van der Waals surface area contributed by atoms with Gasteiger partial charge in [0.2, 0.25) is 5.91 Å². The molecule has 1 amide bonds. The Labute approximate surface area is 113 Å². The Kier molecular flexibility index (Phi) is 6.58. The maximum Gasteiger partial charge on any atom is 0.220 e. The lowest BCUT2D eigenvalue weighted by molar-refractivity contribution is -0.121. The van der Waals surface area contributed by atoms with Gasteiger partial charge in [-0.2, -0.15) is 0 Å². The number of nitrogens with one attached hydrogen (secondary N) is 1. The molecule has 1 N–H and O–H groups in total. The van der Waals surface area contributed by atoms with Crippen molar-refractivity contribution in [2.75, 3.05) is 7.11 Å². The van der Waals surface area contributed by atoms with Crippen molar-refractivity contribution in [3.8, 4) is 5.75 Å². The molecule has 100 valence electrons. The van der Waals surface area contributed by atoms with Crippen molar-refractivity contribution in [1.82, 2.24) is 5.32 Å². The van der Waals surface area contributed by atoms with E-state index in [4.69, 9.17) is 16.3 Å². The van der Waals surface area contributed by atoms with Gasteiger partial charge >= 0.3 is 0 Å². The standard InChI is InChI=1S/C14H20ClNO2/c1-11(15)4-3-5-14(17)16-10-12-6-8-13(18-2)9-7-12/h6-9,11H,3-5,10H2,1-2H3,(H,16,17). The van der Waals surface area contributed by atoms with Gasteiger partial charge in [0.15, 0.2) is 0 Å². The lowest BCUT2D eigenvalue weighted by Gasteiger charge is -2.07. The first-order valence-electron chi connectivity index (χ1n) is 6.15. The van der Waals surface area contributed by atoms with Gasteiger partial charge < -0.3 is 10.1 Å². The van der Waals surface area contributed by atoms with Gasteiger partial charge in [-0.05, 0) is 37.5 Å². The van der Waals surface area contributed by atoms with E-state index in [1.54, 1.807) is 7.11 Å². The minimum Gasteiger partial charge on any atom is -0.497 e. The molecular formula is C14H20ClNO2. The number of alkyl halides is 1. The quantitative estimate of drug-likeness (QED) is 0.773. The molecule has 0 fully saturated rings. The Morgan fingerprint density at radius 1 is 1.39 bits per heavy atom. The Hall–Kier alpha value is -1.22. The van der Waals surface area contributed by atoms with Crippen LogP contribution in [0.25, 0.3) is 0 Å². The molecule has 0 aliphatic heterocycles. The predicted octanol–water partition coefficient (Wildman–Crippen LogP) is 3.11. The van der Waals surface area contributed by atoms with E-state index in [1.165, 1.54) is 0 Å². The van der Waals surface area contributed by atoms with E-state index in [0.717, 1.165) is 24.2 Å². The van der Waals surface area contributed by atoms with Gasteiger partial charge in [0.25, 0.3) is 0 Å². The molecule has 0 saturated heterocycles. The fourth-order valence-electron chi connectivity index (χ4n) is 1.58. The van der Waals surface area contributed by atoms with E-state index in [2.05, 4.69) is 5.32 Å². The predicted molar refractivity (Wildman–Crippen MR) is 74.0 cm³/mol. The lowest BCUT2D eigenvalue weighted by Crippen LogP contribution is -2.22. The molecule has 0 aliphatic rings. The zero-order valence-electron chi connectivity index (χ0n) is 10.9. The molecule has 1 aromatic rings.